The van der Waals surface area contributed by atoms with Gasteiger partial charge in [0.15, 0.2) is 17.3 Å². The smallest absolute Gasteiger partial charge is 0.228 e. The molecule has 9 nitrogen and oxygen atoms in total. The molecule has 1 aliphatic rings. The van der Waals surface area contributed by atoms with E-state index in [0.717, 1.165) is 11.1 Å². The first kappa shape index (κ1) is 26.3. The molecule has 1 aromatic heterocycles. The van der Waals surface area contributed by atoms with Crippen molar-refractivity contribution in [1.29, 1.82) is 0 Å². The number of benzene rings is 2. The van der Waals surface area contributed by atoms with E-state index in [9.17, 15) is 9.18 Å². The van der Waals surface area contributed by atoms with Crippen molar-refractivity contribution in [3.05, 3.63) is 52.8 Å². The third-order valence-electron chi connectivity index (χ3n) is 6.51. The quantitative estimate of drug-likeness (QED) is 0.487. The van der Waals surface area contributed by atoms with Crippen molar-refractivity contribution in [1.82, 2.24) is 14.9 Å². The third kappa shape index (κ3) is 5.66. The predicted molar refractivity (Wildman–Crippen MR) is 138 cm³/mol. The monoisotopic (exact) mass is 513 g/mol. The van der Waals surface area contributed by atoms with Crippen molar-refractivity contribution >= 4 is 28.6 Å². The highest BCUT2D eigenvalue weighted by Crippen LogP contribution is 2.37. The number of carbonyl (C=O) groups excluding carboxylic acids is 1. The molecule has 0 radical (unpaired) electrons. The molecule has 0 aliphatic carbocycles. The molecule has 1 amide bonds. The lowest BCUT2D eigenvalue weighted by molar-refractivity contribution is -0.131. The minimum absolute atomic E-state index is 0.00401. The summed E-state index contributed by atoms with van der Waals surface area (Å²) in [5.74, 6) is -0.479. The number of nitrogens with zero attached hydrogens (tertiary/aromatic N) is 4. The number of methoxy groups -OCH3 is 2. The molecule has 0 saturated carbocycles. The molecular formula is C26H31F2N6O3-. The van der Waals surface area contributed by atoms with Crippen LogP contribution >= 0.6 is 0 Å². The normalized spacial score (nSPS) is 14.6. The van der Waals surface area contributed by atoms with E-state index in [-0.39, 0.29) is 53.0 Å². The first-order valence-corrected chi connectivity index (χ1v) is 12.1. The summed E-state index contributed by atoms with van der Waals surface area (Å²) in [4.78, 5) is 25.3. The van der Waals surface area contributed by atoms with Crippen LogP contribution in [0.15, 0.2) is 24.3 Å². The molecule has 1 unspecified atom stereocenters. The van der Waals surface area contributed by atoms with Gasteiger partial charge < -0.3 is 30.7 Å². The van der Waals surface area contributed by atoms with Crippen LogP contribution < -0.4 is 20.1 Å². The maximum atomic E-state index is 15.1. The Kier molecular flexibility index (Phi) is 7.91. The van der Waals surface area contributed by atoms with Crippen molar-refractivity contribution < 1.29 is 23.0 Å². The van der Waals surface area contributed by atoms with Gasteiger partial charge in [-0.15, -0.1) is 6.04 Å². The number of amides is 1. The van der Waals surface area contributed by atoms with Crippen molar-refractivity contribution in [3.63, 3.8) is 0 Å². The summed E-state index contributed by atoms with van der Waals surface area (Å²) in [7, 11) is 2.76. The second-order valence-corrected chi connectivity index (χ2v) is 9.12. The summed E-state index contributed by atoms with van der Waals surface area (Å²) in [6.07, 6.45) is 1.21. The van der Waals surface area contributed by atoms with Gasteiger partial charge in [0.25, 0.3) is 0 Å². The van der Waals surface area contributed by atoms with Gasteiger partial charge in [-0.3, -0.25) is 4.79 Å². The van der Waals surface area contributed by atoms with Crippen LogP contribution in [0.2, 0.25) is 0 Å². The number of carbonyl (C=O) groups is 1. The minimum atomic E-state index is -0.680. The maximum absolute atomic E-state index is 15.1. The number of rotatable bonds is 8. The largest absolute Gasteiger partial charge is 0.675 e. The number of nitrogen functional groups attached to an aromatic ring is 1. The van der Waals surface area contributed by atoms with Crippen molar-refractivity contribution in [3.8, 4) is 11.5 Å². The Morgan fingerprint density at radius 3 is 2.49 bits per heavy atom. The molecule has 0 bridgehead atoms. The summed E-state index contributed by atoms with van der Waals surface area (Å²) in [5, 5.41) is 0.327. The van der Waals surface area contributed by atoms with Gasteiger partial charge in [0.05, 0.1) is 14.2 Å². The Labute approximate surface area is 214 Å². The van der Waals surface area contributed by atoms with Crippen LogP contribution in [0.25, 0.3) is 16.6 Å². The first-order chi connectivity index (χ1) is 17.7. The molecule has 11 heteroatoms. The SMILES string of the molecule is COc1cc2c(N)nc(N3CCN(C(=O)CCc4ccc(F)cc4CC(C)[NH-])CC3)nc2c(F)c1OC. The van der Waals surface area contributed by atoms with E-state index in [1.54, 1.807) is 24.0 Å². The molecule has 3 aromatic rings. The Hall–Kier alpha value is -3.73. The van der Waals surface area contributed by atoms with E-state index >= 15 is 4.39 Å². The van der Waals surface area contributed by atoms with Gasteiger partial charge >= 0.3 is 0 Å². The highest BCUT2D eigenvalue weighted by atomic mass is 19.1. The summed E-state index contributed by atoms with van der Waals surface area (Å²) in [6.45, 7) is 3.59. The van der Waals surface area contributed by atoms with Gasteiger partial charge in [-0.2, -0.15) is 4.98 Å². The number of nitrogens with one attached hydrogen (secondary N) is 1. The summed E-state index contributed by atoms with van der Waals surface area (Å²) in [5.41, 5.74) is 15.6. The van der Waals surface area contributed by atoms with Crippen LogP contribution in [0.4, 0.5) is 20.5 Å². The van der Waals surface area contributed by atoms with Gasteiger partial charge in [-0.05, 0) is 42.2 Å². The number of fused-ring (bicyclic) bond motifs is 1. The van der Waals surface area contributed by atoms with Crippen LogP contribution in [0, 0.1) is 11.6 Å². The van der Waals surface area contributed by atoms with Gasteiger partial charge in [0, 0.05) is 38.0 Å². The molecule has 1 aliphatic heterocycles. The van der Waals surface area contributed by atoms with Crippen LogP contribution in [0.1, 0.15) is 24.5 Å². The van der Waals surface area contributed by atoms with E-state index in [1.165, 1.54) is 26.4 Å². The minimum Gasteiger partial charge on any atom is -0.675 e. The molecule has 0 spiro atoms. The Bertz CT molecular complexity index is 1300. The number of aryl methyl sites for hydroxylation is 1. The lowest BCUT2D eigenvalue weighted by Gasteiger charge is -2.35. The molecule has 1 fully saturated rings. The molecule has 1 atom stereocenters. The van der Waals surface area contributed by atoms with Crippen LogP contribution in [-0.2, 0) is 17.6 Å². The first-order valence-electron chi connectivity index (χ1n) is 12.1. The van der Waals surface area contributed by atoms with Crippen LogP contribution in [0.5, 0.6) is 11.5 Å². The average molecular weight is 514 g/mol. The zero-order valence-electron chi connectivity index (χ0n) is 21.2. The van der Waals surface area contributed by atoms with Crippen LogP contribution in [-0.4, -0.2) is 67.2 Å². The van der Waals surface area contributed by atoms with Crippen molar-refractivity contribution in [2.24, 2.45) is 0 Å². The number of piperazine rings is 1. The fourth-order valence-corrected chi connectivity index (χ4v) is 4.59. The summed E-state index contributed by atoms with van der Waals surface area (Å²) in [6, 6.07) is 5.73. The lowest BCUT2D eigenvalue weighted by atomic mass is 9.97. The third-order valence-corrected chi connectivity index (χ3v) is 6.51. The van der Waals surface area contributed by atoms with E-state index in [1.807, 2.05) is 4.90 Å². The zero-order valence-corrected chi connectivity index (χ0v) is 21.2. The number of hydrogen-bond donors (Lipinski definition) is 1. The fraction of sp³-hybridized carbons (Fsp3) is 0.423. The molecular weight excluding hydrogens is 482 g/mol. The number of anilines is 2. The standard InChI is InChI=1S/C26H31F2N6O3/c1-15(29)12-17-13-18(27)6-4-16(17)5-7-21(35)33-8-10-34(11-9-33)26-31-23-19(25(30)32-26)14-20(36-2)24(37-3)22(23)28/h4,6,13-15,29H,5,7-12H2,1-3H3,(H2,30,31,32)/q-1. The second-order valence-electron chi connectivity index (χ2n) is 9.12. The lowest BCUT2D eigenvalue weighted by Crippen LogP contribution is -2.49. The molecule has 37 heavy (non-hydrogen) atoms. The Balaban J connectivity index is 1.42. The Morgan fingerprint density at radius 1 is 1.11 bits per heavy atom. The number of halogens is 2. The van der Waals surface area contributed by atoms with Gasteiger partial charge in [-0.25, -0.2) is 13.8 Å². The predicted octanol–water partition coefficient (Wildman–Crippen LogP) is 3.77. The molecule has 1 saturated heterocycles. The highest BCUT2D eigenvalue weighted by molar-refractivity contribution is 5.92. The van der Waals surface area contributed by atoms with E-state index in [4.69, 9.17) is 20.9 Å². The maximum Gasteiger partial charge on any atom is 0.228 e. The van der Waals surface area contributed by atoms with Gasteiger partial charge in [-0.1, -0.05) is 13.0 Å². The summed E-state index contributed by atoms with van der Waals surface area (Å²) < 4.78 is 39.1. The average Bonchev–Trinajstić information content (AvgIpc) is 2.88. The van der Waals surface area contributed by atoms with Crippen molar-refractivity contribution in [2.75, 3.05) is 51.0 Å². The number of hydrogen-bond acceptors (Lipinski definition) is 7. The van der Waals surface area contributed by atoms with E-state index in [2.05, 4.69) is 9.97 Å². The summed E-state index contributed by atoms with van der Waals surface area (Å²) >= 11 is 0. The van der Waals surface area contributed by atoms with Gasteiger partial charge in [0.1, 0.15) is 17.2 Å². The zero-order chi connectivity index (χ0) is 26.7. The molecule has 2 heterocycles. The van der Waals surface area contributed by atoms with Crippen molar-refractivity contribution in [2.45, 2.75) is 32.2 Å². The molecule has 3 N–H and O–H groups in total. The Morgan fingerprint density at radius 2 is 1.84 bits per heavy atom. The van der Waals surface area contributed by atoms with E-state index in [0.29, 0.717) is 44.4 Å². The van der Waals surface area contributed by atoms with Gasteiger partial charge in [0.2, 0.25) is 11.9 Å². The molecule has 2 aromatic carbocycles. The molecule has 198 valence electrons. The van der Waals surface area contributed by atoms with Crippen LogP contribution in [0.3, 0.4) is 0 Å². The highest BCUT2D eigenvalue weighted by Gasteiger charge is 2.25. The second kappa shape index (κ2) is 11.1. The fourth-order valence-electron chi connectivity index (χ4n) is 4.59. The topological polar surface area (TPSA) is 118 Å². The molecule has 4 rings (SSSR count). The number of nitrogens with two attached hydrogens (primary N) is 1. The van der Waals surface area contributed by atoms with E-state index < -0.39 is 5.82 Å². The number of aromatic nitrogens is 2. The number of ether oxygens (including phenoxy) is 2.